The van der Waals surface area contributed by atoms with Crippen LogP contribution in [0.5, 0.6) is 0 Å². The highest BCUT2D eigenvalue weighted by Crippen LogP contribution is 2.37. The van der Waals surface area contributed by atoms with E-state index in [1.165, 1.54) is 16.7 Å². The number of carbonyl (C=O) groups is 1. The van der Waals surface area contributed by atoms with E-state index in [1.807, 2.05) is 30.3 Å². The molecule has 4 rings (SSSR count). The maximum Gasteiger partial charge on any atom is 0.490 e. The molecule has 0 fully saturated rings. The van der Waals surface area contributed by atoms with Gasteiger partial charge in [0, 0.05) is 10.8 Å². The van der Waals surface area contributed by atoms with Crippen LogP contribution in [0.25, 0.3) is 11.1 Å². The number of hydrogen-bond acceptors (Lipinski definition) is 5. The fourth-order valence-corrected chi connectivity index (χ4v) is 3.02. The Hall–Kier alpha value is -3.55. The molecule has 1 aromatic heterocycles. The lowest BCUT2D eigenvalue weighted by molar-refractivity contribution is -0.394. The standard InChI is InChI=1S/C17H13N5O3/c23-16(9-21-10-18-17(20-21)22(24)25)19-13-5-6-15-12(8-13)7-11-3-1-2-4-14(11)15/h1-6,8,10H,7,9H2,(H,19,23). The Labute approximate surface area is 142 Å². The van der Waals surface area contributed by atoms with E-state index >= 15 is 0 Å². The van der Waals surface area contributed by atoms with Gasteiger partial charge in [0.05, 0.1) is 0 Å². The second kappa shape index (κ2) is 5.82. The van der Waals surface area contributed by atoms with E-state index in [0.717, 1.165) is 23.0 Å². The third-order valence-electron chi connectivity index (χ3n) is 4.07. The molecule has 8 nitrogen and oxygen atoms in total. The Kier molecular flexibility index (Phi) is 3.50. The van der Waals surface area contributed by atoms with E-state index in [1.54, 1.807) is 0 Å². The van der Waals surface area contributed by atoms with Gasteiger partial charge in [-0.25, -0.2) is 0 Å². The molecule has 0 radical (unpaired) electrons. The number of nitro groups is 1. The van der Waals surface area contributed by atoms with Gasteiger partial charge in [0.25, 0.3) is 0 Å². The predicted octanol–water partition coefficient (Wildman–Crippen LogP) is 2.40. The van der Waals surface area contributed by atoms with Crippen molar-refractivity contribution < 1.29 is 9.72 Å². The molecule has 8 heteroatoms. The first kappa shape index (κ1) is 15.0. The van der Waals surface area contributed by atoms with Crippen molar-refractivity contribution in [2.24, 2.45) is 0 Å². The molecule has 1 aliphatic carbocycles. The molecule has 1 heterocycles. The Morgan fingerprint density at radius 2 is 2.00 bits per heavy atom. The summed E-state index contributed by atoms with van der Waals surface area (Å²) in [4.78, 5) is 25.5. The lowest BCUT2D eigenvalue weighted by Crippen LogP contribution is -2.19. The topological polar surface area (TPSA) is 103 Å². The third-order valence-corrected chi connectivity index (χ3v) is 4.07. The van der Waals surface area contributed by atoms with Crippen LogP contribution in [0.3, 0.4) is 0 Å². The van der Waals surface area contributed by atoms with Crippen molar-refractivity contribution in [1.29, 1.82) is 0 Å². The third kappa shape index (κ3) is 2.85. The Balaban J connectivity index is 1.47. The van der Waals surface area contributed by atoms with Gasteiger partial charge in [-0.1, -0.05) is 35.3 Å². The number of carbonyl (C=O) groups excluding carboxylic acids is 1. The normalized spacial score (nSPS) is 11.7. The molecule has 0 bridgehead atoms. The van der Waals surface area contributed by atoms with Crippen molar-refractivity contribution >= 4 is 17.5 Å². The number of rotatable bonds is 4. The van der Waals surface area contributed by atoms with Gasteiger partial charge in [0.15, 0.2) is 0 Å². The molecular weight excluding hydrogens is 322 g/mol. The van der Waals surface area contributed by atoms with Gasteiger partial charge in [-0.2, -0.15) is 4.68 Å². The van der Waals surface area contributed by atoms with E-state index in [0.29, 0.717) is 5.69 Å². The van der Waals surface area contributed by atoms with Gasteiger partial charge < -0.3 is 15.4 Å². The summed E-state index contributed by atoms with van der Waals surface area (Å²) in [6.07, 6.45) is 2.00. The van der Waals surface area contributed by atoms with Crippen molar-refractivity contribution in [3.05, 3.63) is 70.0 Å². The van der Waals surface area contributed by atoms with Crippen LogP contribution in [0, 0.1) is 10.1 Å². The Morgan fingerprint density at radius 1 is 1.20 bits per heavy atom. The van der Waals surface area contributed by atoms with Crippen LogP contribution in [-0.4, -0.2) is 25.6 Å². The van der Waals surface area contributed by atoms with E-state index in [-0.39, 0.29) is 12.5 Å². The zero-order valence-corrected chi connectivity index (χ0v) is 13.0. The minimum atomic E-state index is -0.702. The molecule has 124 valence electrons. The molecule has 1 N–H and O–H groups in total. The summed E-state index contributed by atoms with van der Waals surface area (Å²) >= 11 is 0. The van der Waals surface area contributed by atoms with Gasteiger partial charge in [-0.05, 0) is 45.7 Å². The van der Waals surface area contributed by atoms with Gasteiger partial charge >= 0.3 is 5.95 Å². The van der Waals surface area contributed by atoms with Gasteiger partial charge in [-0.3, -0.25) is 4.79 Å². The predicted molar refractivity (Wildman–Crippen MR) is 90.0 cm³/mol. The molecule has 0 unspecified atom stereocenters. The highest BCUT2D eigenvalue weighted by molar-refractivity contribution is 5.91. The van der Waals surface area contributed by atoms with Crippen LogP contribution >= 0.6 is 0 Å². The molecule has 0 saturated carbocycles. The Morgan fingerprint density at radius 3 is 2.80 bits per heavy atom. The summed E-state index contributed by atoms with van der Waals surface area (Å²) in [5.41, 5.74) is 5.53. The molecule has 2 aromatic carbocycles. The number of nitrogens with one attached hydrogen (secondary N) is 1. The minimum Gasteiger partial charge on any atom is -0.390 e. The zero-order chi connectivity index (χ0) is 17.4. The van der Waals surface area contributed by atoms with Crippen molar-refractivity contribution in [1.82, 2.24) is 14.8 Å². The van der Waals surface area contributed by atoms with Gasteiger partial charge in [0.2, 0.25) is 12.2 Å². The smallest absolute Gasteiger partial charge is 0.390 e. The number of hydrogen-bond donors (Lipinski definition) is 1. The summed E-state index contributed by atoms with van der Waals surface area (Å²) in [5, 5.41) is 17.0. The number of amides is 1. The van der Waals surface area contributed by atoms with Crippen LogP contribution in [0.2, 0.25) is 0 Å². The summed E-state index contributed by atoms with van der Waals surface area (Å²) in [5.74, 6) is -0.849. The number of benzene rings is 2. The zero-order valence-electron chi connectivity index (χ0n) is 13.0. The SMILES string of the molecule is O=C(Cn1cnc([N+](=O)[O-])n1)Nc1ccc2c(c1)Cc1ccccc1-2. The summed E-state index contributed by atoms with van der Waals surface area (Å²) in [6.45, 7) is -0.141. The molecule has 0 atom stereocenters. The molecule has 0 aliphatic heterocycles. The van der Waals surface area contributed by atoms with E-state index in [9.17, 15) is 14.9 Å². The maximum absolute atomic E-state index is 12.1. The fourth-order valence-electron chi connectivity index (χ4n) is 3.02. The van der Waals surface area contributed by atoms with Crippen molar-refractivity contribution in [2.75, 3.05) is 5.32 Å². The first-order valence-corrected chi connectivity index (χ1v) is 7.65. The fraction of sp³-hybridized carbons (Fsp3) is 0.118. The minimum absolute atomic E-state index is 0.141. The van der Waals surface area contributed by atoms with Crippen molar-refractivity contribution in [3.63, 3.8) is 0 Å². The monoisotopic (exact) mass is 335 g/mol. The van der Waals surface area contributed by atoms with Gasteiger partial charge in [-0.15, -0.1) is 0 Å². The highest BCUT2D eigenvalue weighted by Gasteiger charge is 2.19. The van der Waals surface area contributed by atoms with Crippen LogP contribution in [0.15, 0.2) is 48.8 Å². The number of anilines is 1. The molecule has 0 saturated heterocycles. The van der Waals surface area contributed by atoms with Crippen LogP contribution in [0.1, 0.15) is 11.1 Å². The molecule has 0 spiro atoms. The van der Waals surface area contributed by atoms with Crippen LogP contribution < -0.4 is 5.32 Å². The second-order valence-corrected chi connectivity index (χ2v) is 5.75. The average molecular weight is 335 g/mol. The Bertz CT molecular complexity index is 995. The molecule has 1 amide bonds. The molecule has 1 aliphatic rings. The average Bonchev–Trinajstić information content (AvgIpc) is 3.18. The lowest BCUT2D eigenvalue weighted by atomic mass is 10.1. The van der Waals surface area contributed by atoms with Crippen LogP contribution in [-0.2, 0) is 17.8 Å². The number of nitrogens with zero attached hydrogens (tertiary/aromatic N) is 4. The van der Waals surface area contributed by atoms with Crippen molar-refractivity contribution in [3.8, 4) is 11.1 Å². The molecular formula is C17H13N5O3. The summed E-state index contributed by atoms with van der Waals surface area (Å²) in [7, 11) is 0. The van der Waals surface area contributed by atoms with Gasteiger partial charge in [0.1, 0.15) is 6.54 Å². The van der Waals surface area contributed by atoms with Crippen LogP contribution in [0.4, 0.5) is 11.6 Å². The maximum atomic E-state index is 12.1. The highest BCUT2D eigenvalue weighted by atomic mass is 16.6. The van der Waals surface area contributed by atoms with E-state index in [2.05, 4.69) is 27.5 Å². The lowest BCUT2D eigenvalue weighted by Gasteiger charge is -2.07. The first-order chi connectivity index (χ1) is 12.1. The van der Waals surface area contributed by atoms with Crippen molar-refractivity contribution in [2.45, 2.75) is 13.0 Å². The van der Waals surface area contributed by atoms with E-state index in [4.69, 9.17) is 0 Å². The quantitative estimate of drug-likeness (QED) is 0.455. The molecule has 25 heavy (non-hydrogen) atoms. The van der Waals surface area contributed by atoms with E-state index < -0.39 is 10.9 Å². The number of aromatic nitrogens is 3. The first-order valence-electron chi connectivity index (χ1n) is 7.65. The second-order valence-electron chi connectivity index (χ2n) is 5.75. The summed E-state index contributed by atoms with van der Waals surface area (Å²) < 4.78 is 1.14. The largest absolute Gasteiger partial charge is 0.490 e. The molecule has 3 aromatic rings. The number of fused-ring (bicyclic) bond motifs is 3. The summed E-state index contributed by atoms with van der Waals surface area (Å²) in [6, 6.07) is 14.0.